The second kappa shape index (κ2) is 6.58. The van der Waals surface area contributed by atoms with Crippen molar-refractivity contribution in [3.8, 4) is 0 Å². The Morgan fingerprint density at radius 3 is 2.25 bits per heavy atom. The van der Waals surface area contributed by atoms with Crippen LogP contribution in [0, 0.1) is 0 Å². The fourth-order valence-corrected chi connectivity index (χ4v) is 2.32. The summed E-state index contributed by atoms with van der Waals surface area (Å²) < 4.78 is 0. The van der Waals surface area contributed by atoms with Crippen LogP contribution in [0.3, 0.4) is 0 Å². The molecule has 1 saturated heterocycles. The molecule has 0 unspecified atom stereocenters. The molecule has 3 heteroatoms. The van der Waals surface area contributed by atoms with Gasteiger partial charge in [-0.3, -0.25) is 14.7 Å². The molecular weight excluding hydrogens is 198 g/mol. The summed E-state index contributed by atoms with van der Waals surface area (Å²) in [5.41, 5.74) is 0. The Kier molecular flexibility index (Phi) is 5.73. The minimum atomic E-state index is 0.675. The topological polar surface area (TPSA) is 9.72 Å². The van der Waals surface area contributed by atoms with Crippen molar-refractivity contribution in [1.29, 1.82) is 0 Å². The van der Waals surface area contributed by atoms with Gasteiger partial charge in [0.15, 0.2) is 0 Å². The lowest BCUT2D eigenvalue weighted by molar-refractivity contribution is 0.170. The van der Waals surface area contributed by atoms with E-state index in [-0.39, 0.29) is 0 Å². The van der Waals surface area contributed by atoms with Gasteiger partial charge in [-0.25, -0.2) is 0 Å². The normalized spacial score (nSPS) is 19.5. The summed E-state index contributed by atoms with van der Waals surface area (Å²) in [5.74, 6) is 0. The third-order valence-electron chi connectivity index (χ3n) is 3.66. The van der Waals surface area contributed by atoms with Crippen LogP contribution >= 0.6 is 0 Å². The van der Waals surface area contributed by atoms with Crippen LogP contribution in [0.25, 0.3) is 0 Å². The molecular formula is C13H29N3. The molecule has 1 aliphatic rings. The molecule has 0 radical (unpaired) electrons. The zero-order valence-electron chi connectivity index (χ0n) is 11.7. The van der Waals surface area contributed by atoms with Gasteiger partial charge in [0.2, 0.25) is 0 Å². The third-order valence-corrected chi connectivity index (χ3v) is 3.66. The zero-order chi connectivity index (χ0) is 12.1. The average Bonchev–Trinajstić information content (AvgIpc) is 2.67. The molecule has 1 fully saturated rings. The largest absolute Gasteiger partial charge is 0.300 e. The van der Waals surface area contributed by atoms with Gasteiger partial charge in [-0.05, 0) is 34.2 Å². The van der Waals surface area contributed by atoms with Gasteiger partial charge < -0.3 is 0 Å². The van der Waals surface area contributed by atoms with Crippen LogP contribution in [0.2, 0.25) is 0 Å². The van der Waals surface area contributed by atoms with E-state index in [4.69, 9.17) is 0 Å². The molecule has 0 amide bonds. The van der Waals surface area contributed by atoms with Crippen LogP contribution in [0.4, 0.5) is 0 Å². The van der Waals surface area contributed by atoms with Gasteiger partial charge in [-0.15, -0.1) is 0 Å². The van der Waals surface area contributed by atoms with E-state index in [0.29, 0.717) is 12.1 Å². The summed E-state index contributed by atoms with van der Waals surface area (Å²) in [6.45, 7) is 18.6. The molecule has 0 aromatic heterocycles. The van der Waals surface area contributed by atoms with Crippen molar-refractivity contribution in [2.75, 3.05) is 39.4 Å². The van der Waals surface area contributed by atoms with E-state index in [1.807, 2.05) is 0 Å². The summed E-state index contributed by atoms with van der Waals surface area (Å²) in [4.78, 5) is 7.66. The first-order chi connectivity index (χ1) is 7.54. The lowest BCUT2D eigenvalue weighted by Gasteiger charge is -2.27. The van der Waals surface area contributed by atoms with E-state index >= 15 is 0 Å². The van der Waals surface area contributed by atoms with Crippen LogP contribution in [-0.2, 0) is 0 Å². The number of nitrogens with zero attached hydrogens (tertiary/aromatic N) is 3. The van der Waals surface area contributed by atoms with Gasteiger partial charge >= 0.3 is 0 Å². The molecule has 0 N–H and O–H groups in total. The lowest BCUT2D eigenvalue weighted by Crippen LogP contribution is -2.39. The molecule has 0 bridgehead atoms. The van der Waals surface area contributed by atoms with Crippen molar-refractivity contribution < 1.29 is 0 Å². The first kappa shape index (κ1) is 13.9. The van der Waals surface area contributed by atoms with Crippen molar-refractivity contribution in [1.82, 2.24) is 14.7 Å². The molecule has 1 heterocycles. The number of hydrogen-bond donors (Lipinski definition) is 0. The molecule has 0 aromatic rings. The van der Waals surface area contributed by atoms with Crippen molar-refractivity contribution in [3.05, 3.63) is 0 Å². The van der Waals surface area contributed by atoms with E-state index in [0.717, 1.165) is 6.67 Å². The number of hydrogen-bond acceptors (Lipinski definition) is 3. The molecule has 1 aliphatic heterocycles. The van der Waals surface area contributed by atoms with Gasteiger partial charge in [-0.2, -0.15) is 0 Å². The van der Waals surface area contributed by atoms with E-state index < -0.39 is 0 Å². The fraction of sp³-hybridized carbons (Fsp3) is 1.00. The predicted molar refractivity (Wildman–Crippen MR) is 70.7 cm³/mol. The minimum Gasteiger partial charge on any atom is -0.300 e. The van der Waals surface area contributed by atoms with Crippen molar-refractivity contribution >= 4 is 0 Å². The summed E-state index contributed by atoms with van der Waals surface area (Å²) in [5, 5.41) is 0. The highest BCUT2D eigenvalue weighted by molar-refractivity contribution is 4.75. The maximum absolute atomic E-state index is 2.57. The van der Waals surface area contributed by atoms with Gasteiger partial charge in [0.1, 0.15) is 0 Å². The smallest absolute Gasteiger partial charge is 0.0510 e. The van der Waals surface area contributed by atoms with Gasteiger partial charge in [-0.1, -0.05) is 6.92 Å². The van der Waals surface area contributed by atoms with Crippen LogP contribution in [0.1, 0.15) is 34.6 Å². The van der Waals surface area contributed by atoms with Crippen LogP contribution in [0.15, 0.2) is 0 Å². The predicted octanol–water partition coefficient (Wildman–Crippen LogP) is 1.70. The van der Waals surface area contributed by atoms with Crippen molar-refractivity contribution in [2.45, 2.75) is 46.7 Å². The molecule has 96 valence electrons. The Hall–Kier alpha value is -0.120. The summed E-state index contributed by atoms with van der Waals surface area (Å²) in [6.07, 6.45) is 0. The first-order valence-corrected chi connectivity index (χ1v) is 6.75. The first-order valence-electron chi connectivity index (χ1n) is 6.75. The highest BCUT2D eigenvalue weighted by Crippen LogP contribution is 2.09. The Labute approximate surface area is 101 Å². The highest BCUT2D eigenvalue weighted by Gasteiger charge is 2.21. The fourth-order valence-electron chi connectivity index (χ4n) is 2.32. The Bertz CT molecular complexity index is 192. The Morgan fingerprint density at radius 2 is 1.81 bits per heavy atom. The molecule has 0 saturated carbocycles. The van der Waals surface area contributed by atoms with Gasteiger partial charge in [0.05, 0.1) is 6.67 Å². The Balaban J connectivity index is 2.24. The summed E-state index contributed by atoms with van der Waals surface area (Å²) >= 11 is 0. The molecule has 0 aliphatic carbocycles. The lowest BCUT2D eigenvalue weighted by atomic mass is 10.3. The minimum absolute atomic E-state index is 0.675. The third kappa shape index (κ3) is 4.04. The molecule has 16 heavy (non-hydrogen) atoms. The number of rotatable bonds is 6. The maximum Gasteiger partial charge on any atom is 0.0510 e. The average molecular weight is 227 g/mol. The van der Waals surface area contributed by atoms with Crippen molar-refractivity contribution in [2.24, 2.45) is 0 Å². The standard InChI is InChI=1S/C13H29N3/c1-6-15(12(2)3)9-7-14-8-10-16(11-14)13(4)5/h12-13H,6-11H2,1-5H3. The molecule has 0 spiro atoms. The Morgan fingerprint density at radius 1 is 1.12 bits per heavy atom. The molecule has 1 rings (SSSR count). The van der Waals surface area contributed by atoms with E-state index in [1.165, 1.54) is 32.7 Å². The second-order valence-electron chi connectivity index (χ2n) is 5.39. The SMILES string of the molecule is CCN(CCN1CCN(C(C)C)C1)C(C)C. The summed E-state index contributed by atoms with van der Waals surface area (Å²) in [7, 11) is 0. The van der Waals surface area contributed by atoms with E-state index in [1.54, 1.807) is 0 Å². The van der Waals surface area contributed by atoms with E-state index in [9.17, 15) is 0 Å². The van der Waals surface area contributed by atoms with E-state index in [2.05, 4.69) is 49.3 Å². The van der Waals surface area contributed by atoms with Gasteiger partial charge in [0.25, 0.3) is 0 Å². The molecule has 3 nitrogen and oxygen atoms in total. The molecule has 0 aromatic carbocycles. The highest BCUT2D eigenvalue weighted by atomic mass is 15.4. The zero-order valence-corrected chi connectivity index (χ0v) is 11.7. The van der Waals surface area contributed by atoms with Gasteiger partial charge in [0, 0.05) is 38.3 Å². The van der Waals surface area contributed by atoms with Crippen LogP contribution < -0.4 is 0 Å². The second-order valence-corrected chi connectivity index (χ2v) is 5.39. The van der Waals surface area contributed by atoms with Crippen LogP contribution in [0.5, 0.6) is 0 Å². The number of likely N-dealkylation sites (N-methyl/N-ethyl adjacent to an activating group) is 1. The molecule has 0 atom stereocenters. The van der Waals surface area contributed by atoms with Crippen LogP contribution in [-0.4, -0.2) is 66.2 Å². The summed E-state index contributed by atoms with van der Waals surface area (Å²) in [6, 6.07) is 1.37. The quantitative estimate of drug-likeness (QED) is 0.684. The monoisotopic (exact) mass is 227 g/mol. The van der Waals surface area contributed by atoms with Crippen molar-refractivity contribution in [3.63, 3.8) is 0 Å². The maximum atomic E-state index is 2.57.